The summed E-state index contributed by atoms with van der Waals surface area (Å²) in [4.78, 5) is 20.7. The van der Waals surface area contributed by atoms with E-state index in [0.29, 0.717) is 9.71 Å². The van der Waals surface area contributed by atoms with Gasteiger partial charge in [0.2, 0.25) is 0 Å². The fourth-order valence-corrected chi connectivity index (χ4v) is 3.61. The van der Waals surface area contributed by atoms with E-state index in [-0.39, 0.29) is 6.04 Å². The number of aromatic nitrogens is 2. The third kappa shape index (κ3) is 3.04. The molecule has 0 spiro atoms. The van der Waals surface area contributed by atoms with Gasteiger partial charge in [-0.15, -0.1) is 11.3 Å². The number of nitrogens with zero attached hydrogens (tertiary/aromatic N) is 2. The van der Waals surface area contributed by atoms with Crippen LogP contribution in [-0.2, 0) is 0 Å². The van der Waals surface area contributed by atoms with Crippen molar-refractivity contribution in [3.8, 4) is 0 Å². The van der Waals surface area contributed by atoms with Gasteiger partial charge in [0.05, 0.1) is 5.39 Å². The van der Waals surface area contributed by atoms with E-state index in [1.807, 2.05) is 18.7 Å². The second-order valence-electron chi connectivity index (χ2n) is 4.47. The highest BCUT2D eigenvalue weighted by molar-refractivity contribution is 7.99. The van der Waals surface area contributed by atoms with Gasteiger partial charge in [-0.1, -0.05) is 6.92 Å². The number of hydrogen-bond donors (Lipinski definition) is 2. The minimum absolute atomic E-state index is 0.269. The van der Waals surface area contributed by atoms with E-state index in [0.717, 1.165) is 28.3 Å². The average Bonchev–Trinajstić information content (AvgIpc) is 2.75. The second-order valence-corrected chi connectivity index (χ2v) is 6.79. The Morgan fingerprint density at radius 3 is 2.95 bits per heavy atom. The normalized spacial score (nSPS) is 12.6. The summed E-state index contributed by atoms with van der Waals surface area (Å²) >= 11 is 3.05. The largest absolute Gasteiger partial charge is 0.477 e. The number of rotatable bonds is 6. The molecule has 5 nitrogen and oxygen atoms in total. The van der Waals surface area contributed by atoms with Crippen LogP contribution in [0.3, 0.4) is 0 Å². The number of thioether (sulfide) groups is 1. The first-order chi connectivity index (χ1) is 9.54. The molecular weight excluding hydrogens is 294 g/mol. The second kappa shape index (κ2) is 6.41. The van der Waals surface area contributed by atoms with E-state index in [1.165, 1.54) is 17.7 Å². The van der Waals surface area contributed by atoms with Gasteiger partial charge in [0, 0.05) is 11.8 Å². The quantitative estimate of drug-likeness (QED) is 0.853. The Morgan fingerprint density at radius 2 is 2.30 bits per heavy atom. The van der Waals surface area contributed by atoms with E-state index in [9.17, 15) is 9.90 Å². The van der Waals surface area contributed by atoms with Gasteiger partial charge in [0.1, 0.15) is 21.9 Å². The number of carboxylic acids is 1. The predicted molar refractivity (Wildman–Crippen MR) is 85.2 cm³/mol. The van der Waals surface area contributed by atoms with Crippen molar-refractivity contribution in [2.24, 2.45) is 0 Å². The van der Waals surface area contributed by atoms with E-state index in [2.05, 4.69) is 29.1 Å². The lowest BCUT2D eigenvalue weighted by Gasteiger charge is -2.14. The zero-order chi connectivity index (χ0) is 14.7. The van der Waals surface area contributed by atoms with Crippen molar-refractivity contribution in [2.75, 3.05) is 16.8 Å². The number of aromatic carboxylic acids is 1. The molecule has 0 radical (unpaired) electrons. The number of anilines is 1. The van der Waals surface area contributed by atoms with Gasteiger partial charge >= 0.3 is 5.97 Å². The molecule has 0 bridgehead atoms. The Bertz CT molecular complexity index is 627. The number of hydrogen-bond acceptors (Lipinski definition) is 6. The van der Waals surface area contributed by atoms with Gasteiger partial charge in [-0.05, 0) is 25.2 Å². The molecule has 1 unspecified atom stereocenters. The lowest BCUT2D eigenvalue weighted by molar-refractivity contribution is 0.0701. The summed E-state index contributed by atoms with van der Waals surface area (Å²) in [7, 11) is 0. The van der Waals surface area contributed by atoms with Crippen LogP contribution in [0.4, 0.5) is 5.82 Å². The van der Waals surface area contributed by atoms with E-state index < -0.39 is 5.97 Å². The Morgan fingerprint density at radius 1 is 1.55 bits per heavy atom. The number of aryl methyl sites for hydroxylation is 1. The van der Waals surface area contributed by atoms with Crippen molar-refractivity contribution in [1.29, 1.82) is 0 Å². The van der Waals surface area contributed by atoms with Gasteiger partial charge in [0.15, 0.2) is 0 Å². The first-order valence-electron chi connectivity index (χ1n) is 6.36. The van der Waals surface area contributed by atoms with Crippen molar-refractivity contribution in [3.63, 3.8) is 0 Å². The summed E-state index contributed by atoms with van der Waals surface area (Å²) in [6.07, 6.45) is 1.48. The molecule has 2 aromatic heterocycles. The Hall–Kier alpha value is -1.34. The maximum absolute atomic E-state index is 11.2. The molecule has 2 aromatic rings. The van der Waals surface area contributed by atoms with Crippen LogP contribution in [0.15, 0.2) is 6.33 Å². The fraction of sp³-hybridized carbons (Fsp3) is 0.462. The highest BCUT2D eigenvalue weighted by Gasteiger charge is 2.19. The molecule has 108 valence electrons. The number of carboxylic acid groups (broad SMARTS) is 1. The number of carbonyl (C=O) groups is 1. The zero-order valence-corrected chi connectivity index (χ0v) is 13.3. The summed E-state index contributed by atoms with van der Waals surface area (Å²) in [6, 6.07) is 0.269. The van der Waals surface area contributed by atoms with Crippen LogP contribution >= 0.6 is 23.1 Å². The maximum Gasteiger partial charge on any atom is 0.346 e. The minimum Gasteiger partial charge on any atom is -0.477 e. The van der Waals surface area contributed by atoms with Gasteiger partial charge in [0.25, 0.3) is 0 Å². The molecular formula is C13H17N3O2S2. The van der Waals surface area contributed by atoms with Gasteiger partial charge in [-0.25, -0.2) is 14.8 Å². The van der Waals surface area contributed by atoms with E-state index in [1.54, 1.807) is 0 Å². The Kier molecular flexibility index (Phi) is 4.82. The Labute approximate surface area is 125 Å². The molecule has 2 rings (SSSR count). The molecule has 0 aromatic carbocycles. The zero-order valence-electron chi connectivity index (χ0n) is 11.6. The molecule has 7 heteroatoms. The van der Waals surface area contributed by atoms with E-state index in [4.69, 9.17) is 0 Å². The third-order valence-electron chi connectivity index (χ3n) is 2.88. The van der Waals surface area contributed by atoms with Gasteiger partial charge in [-0.3, -0.25) is 0 Å². The van der Waals surface area contributed by atoms with Gasteiger partial charge in [-0.2, -0.15) is 11.8 Å². The minimum atomic E-state index is -0.911. The smallest absolute Gasteiger partial charge is 0.346 e. The third-order valence-corrected chi connectivity index (χ3v) is 5.21. The molecule has 0 aliphatic rings. The van der Waals surface area contributed by atoms with Crippen molar-refractivity contribution >= 4 is 45.1 Å². The molecule has 0 aliphatic heterocycles. The maximum atomic E-state index is 11.2. The standard InChI is InChI=1S/C13H17N3O2S2/c1-4-19-5-7(2)16-11-9-8(3)10(13(17)18)20-12(9)15-6-14-11/h6-7H,4-5H2,1-3H3,(H,17,18)(H,14,15,16). The topological polar surface area (TPSA) is 75.1 Å². The molecule has 2 N–H and O–H groups in total. The van der Waals surface area contributed by atoms with Crippen molar-refractivity contribution in [1.82, 2.24) is 9.97 Å². The predicted octanol–water partition coefficient (Wildman–Crippen LogP) is 3.25. The number of thiophene rings is 1. The lowest BCUT2D eigenvalue weighted by atomic mass is 10.2. The van der Waals surface area contributed by atoms with Crippen molar-refractivity contribution in [3.05, 3.63) is 16.8 Å². The SMILES string of the molecule is CCSCC(C)Nc1ncnc2sc(C(=O)O)c(C)c12. The average molecular weight is 311 g/mol. The van der Waals surface area contributed by atoms with Crippen LogP contribution in [0.2, 0.25) is 0 Å². The molecule has 2 heterocycles. The van der Waals surface area contributed by atoms with E-state index >= 15 is 0 Å². The highest BCUT2D eigenvalue weighted by atomic mass is 32.2. The van der Waals surface area contributed by atoms with Crippen LogP contribution in [0, 0.1) is 6.92 Å². The molecule has 0 amide bonds. The summed E-state index contributed by atoms with van der Waals surface area (Å²) in [5.41, 5.74) is 0.732. The van der Waals surface area contributed by atoms with Gasteiger partial charge < -0.3 is 10.4 Å². The van der Waals surface area contributed by atoms with Crippen LogP contribution in [0.5, 0.6) is 0 Å². The Balaban J connectivity index is 2.36. The number of nitrogens with one attached hydrogen (secondary N) is 1. The van der Waals surface area contributed by atoms with Crippen LogP contribution in [0.25, 0.3) is 10.2 Å². The molecule has 1 atom stereocenters. The van der Waals surface area contributed by atoms with Crippen LogP contribution < -0.4 is 5.32 Å². The molecule has 0 aliphatic carbocycles. The summed E-state index contributed by atoms with van der Waals surface area (Å²) < 4.78 is 0. The highest BCUT2D eigenvalue weighted by Crippen LogP contribution is 2.33. The summed E-state index contributed by atoms with van der Waals surface area (Å²) in [5, 5.41) is 13.4. The first-order valence-corrected chi connectivity index (χ1v) is 8.33. The summed E-state index contributed by atoms with van der Waals surface area (Å²) in [5.74, 6) is 1.87. The van der Waals surface area contributed by atoms with Crippen LogP contribution in [-0.4, -0.2) is 38.6 Å². The molecule has 20 heavy (non-hydrogen) atoms. The molecule has 0 saturated heterocycles. The number of fused-ring (bicyclic) bond motifs is 1. The summed E-state index contributed by atoms with van der Waals surface area (Å²) in [6.45, 7) is 6.03. The lowest BCUT2D eigenvalue weighted by Crippen LogP contribution is -2.19. The molecule has 0 saturated carbocycles. The first kappa shape index (κ1) is 15.1. The van der Waals surface area contributed by atoms with Crippen molar-refractivity contribution in [2.45, 2.75) is 26.8 Å². The molecule has 0 fully saturated rings. The fourth-order valence-electron chi connectivity index (χ4n) is 1.95. The van der Waals surface area contributed by atoms with Crippen molar-refractivity contribution < 1.29 is 9.90 Å². The monoisotopic (exact) mass is 311 g/mol. The van der Waals surface area contributed by atoms with Crippen LogP contribution in [0.1, 0.15) is 29.1 Å².